The quantitative estimate of drug-likeness (QED) is 0.830. The van der Waals surface area contributed by atoms with E-state index in [9.17, 15) is 14.0 Å². The summed E-state index contributed by atoms with van der Waals surface area (Å²) in [4.78, 5) is 27.7. The molecule has 0 N–H and O–H groups in total. The lowest BCUT2D eigenvalue weighted by Crippen LogP contribution is -2.59. The summed E-state index contributed by atoms with van der Waals surface area (Å²) in [6, 6.07) is 6.46. The van der Waals surface area contributed by atoms with Gasteiger partial charge in [0.25, 0.3) is 0 Å². The molecule has 24 heavy (non-hydrogen) atoms. The number of piperazine rings is 1. The van der Waals surface area contributed by atoms with Gasteiger partial charge in [0.05, 0.1) is 12.7 Å². The highest BCUT2D eigenvalue weighted by Crippen LogP contribution is 2.25. The molecule has 1 atom stereocenters. The van der Waals surface area contributed by atoms with Gasteiger partial charge in [-0.3, -0.25) is 14.1 Å². The molecule has 1 aliphatic rings. The number of anilines is 1. The third-order valence-corrected chi connectivity index (χ3v) is 3.87. The molecule has 0 aliphatic carbocycles. The van der Waals surface area contributed by atoms with Gasteiger partial charge in [-0.1, -0.05) is 17.7 Å². The van der Waals surface area contributed by atoms with Gasteiger partial charge in [-0.2, -0.15) is 0 Å². The zero-order chi connectivity index (χ0) is 17.9. The normalized spacial score (nSPS) is 18.7. The van der Waals surface area contributed by atoms with Crippen LogP contribution < -0.4 is 4.90 Å². The van der Waals surface area contributed by atoms with Crippen LogP contribution in [0.5, 0.6) is 0 Å². The van der Waals surface area contributed by atoms with Gasteiger partial charge in [0.15, 0.2) is 0 Å². The van der Waals surface area contributed by atoms with Gasteiger partial charge in [0, 0.05) is 17.3 Å². The summed E-state index contributed by atoms with van der Waals surface area (Å²) in [5, 5.41) is 0.511. The average molecular weight is 357 g/mol. The second kappa shape index (κ2) is 7.38. The summed E-state index contributed by atoms with van der Waals surface area (Å²) in [5.41, 5.74) is -0.0370. The SMILES string of the molecule is CC(C)(C)OC(=O)N1CC(=O)N(c2cccc(Cl)c2)C[C@@H]1CCF. The van der Waals surface area contributed by atoms with Crippen LogP contribution in [-0.4, -0.2) is 48.3 Å². The Bertz CT molecular complexity index is 618. The Morgan fingerprint density at radius 3 is 2.71 bits per heavy atom. The number of amides is 2. The van der Waals surface area contributed by atoms with Crippen LogP contribution >= 0.6 is 11.6 Å². The van der Waals surface area contributed by atoms with Crippen LogP contribution in [0, 0.1) is 0 Å². The molecule has 2 amide bonds. The number of hydrogen-bond donors (Lipinski definition) is 0. The van der Waals surface area contributed by atoms with Gasteiger partial charge >= 0.3 is 6.09 Å². The van der Waals surface area contributed by atoms with Gasteiger partial charge in [0.2, 0.25) is 5.91 Å². The maximum Gasteiger partial charge on any atom is 0.411 e. The largest absolute Gasteiger partial charge is 0.444 e. The highest BCUT2D eigenvalue weighted by atomic mass is 35.5. The van der Waals surface area contributed by atoms with Crippen molar-refractivity contribution in [2.24, 2.45) is 0 Å². The second-order valence-corrected chi connectivity index (χ2v) is 7.16. The van der Waals surface area contributed by atoms with E-state index in [0.717, 1.165) is 0 Å². The molecular weight excluding hydrogens is 335 g/mol. The number of carbonyl (C=O) groups is 2. The van der Waals surface area contributed by atoms with Crippen LogP contribution in [0.1, 0.15) is 27.2 Å². The Morgan fingerprint density at radius 1 is 1.42 bits per heavy atom. The van der Waals surface area contributed by atoms with Crippen LogP contribution in [0.4, 0.5) is 14.9 Å². The second-order valence-electron chi connectivity index (χ2n) is 6.72. The maximum atomic E-state index is 12.9. The van der Waals surface area contributed by atoms with Crippen molar-refractivity contribution in [3.8, 4) is 0 Å². The minimum Gasteiger partial charge on any atom is -0.444 e. The van der Waals surface area contributed by atoms with E-state index in [1.807, 2.05) is 0 Å². The van der Waals surface area contributed by atoms with Crippen molar-refractivity contribution in [3.05, 3.63) is 29.3 Å². The first-order valence-corrected chi connectivity index (χ1v) is 8.20. The van der Waals surface area contributed by atoms with Crippen LogP contribution in [0.2, 0.25) is 5.02 Å². The van der Waals surface area contributed by atoms with Gasteiger partial charge in [-0.15, -0.1) is 0 Å². The molecule has 0 radical (unpaired) electrons. The third-order valence-electron chi connectivity index (χ3n) is 3.63. The van der Waals surface area contributed by atoms with Crippen molar-refractivity contribution in [2.75, 3.05) is 24.7 Å². The summed E-state index contributed by atoms with van der Waals surface area (Å²) < 4.78 is 18.3. The number of halogens is 2. The lowest BCUT2D eigenvalue weighted by Gasteiger charge is -2.41. The van der Waals surface area contributed by atoms with E-state index in [0.29, 0.717) is 10.7 Å². The molecule has 0 saturated carbocycles. The summed E-state index contributed by atoms with van der Waals surface area (Å²) in [5.74, 6) is -0.252. The number of benzene rings is 1. The van der Waals surface area contributed by atoms with E-state index in [-0.39, 0.29) is 25.4 Å². The molecule has 1 heterocycles. The Labute approximate surface area is 146 Å². The lowest BCUT2D eigenvalue weighted by molar-refractivity contribution is -0.122. The molecule has 132 valence electrons. The molecule has 1 aromatic rings. The molecule has 0 bridgehead atoms. The van der Waals surface area contributed by atoms with Crippen LogP contribution in [0.15, 0.2) is 24.3 Å². The maximum absolute atomic E-state index is 12.9. The van der Waals surface area contributed by atoms with Crippen molar-refractivity contribution >= 4 is 29.3 Å². The van der Waals surface area contributed by atoms with Crippen molar-refractivity contribution in [2.45, 2.75) is 38.8 Å². The van der Waals surface area contributed by atoms with E-state index in [1.54, 1.807) is 45.0 Å². The fraction of sp³-hybridized carbons (Fsp3) is 0.529. The van der Waals surface area contributed by atoms with Crippen LogP contribution in [0.3, 0.4) is 0 Å². The summed E-state index contributed by atoms with van der Waals surface area (Å²) >= 11 is 5.98. The highest BCUT2D eigenvalue weighted by Gasteiger charge is 2.37. The molecular formula is C17H22ClFN2O3. The van der Waals surface area contributed by atoms with Crippen molar-refractivity contribution in [1.82, 2.24) is 4.90 Å². The monoisotopic (exact) mass is 356 g/mol. The first-order valence-electron chi connectivity index (χ1n) is 7.83. The zero-order valence-corrected chi connectivity index (χ0v) is 14.8. The molecule has 7 heteroatoms. The van der Waals surface area contributed by atoms with Crippen molar-refractivity contribution in [3.63, 3.8) is 0 Å². The number of nitrogens with zero attached hydrogens (tertiary/aromatic N) is 2. The molecule has 0 unspecified atom stereocenters. The predicted molar refractivity (Wildman–Crippen MR) is 91.1 cm³/mol. The number of carbonyl (C=O) groups excluding carboxylic acids is 2. The lowest BCUT2D eigenvalue weighted by atomic mass is 10.1. The summed E-state index contributed by atoms with van der Waals surface area (Å²) in [6.07, 6.45) is -0.455. The van der Waals surface area contributed by atoms with Crippen LogP contribution in [-0.2, 0) is 9.53 Å². The minimum absolute atomic E-state index is 0.142. The smallest absolute Gasteiger partial charge is 0.411 e. The molecule has 0 spiro atoms. The van der Waals surface area contributed by atoms with E-state index in [2.05, 4.69) is 0 Å². The number of rotatable bonds is 3. The highest BCUT2D eigenvalue weighted by molar-refractivity contribution is 6.30. The standard InChI is InChI=1S/C17H22ClFN2O3/c1-17(2,3)24-16(23)21-11-15(22)20(10-14(21)7-8-19)13-6-4-5-12(18)9-13/h4-6,9,14H,7-8,10-11H2,1-3H3/t14-/m0/s1. The number of hydrogen-bond acceptors (Lipinski definition) is 3. The van der Waals surface area contributed by atoms with Crippen molar-refractivity contribution in [1.29, 1.82) is 0 Å². The molecule has 1 saturated heterocycles. The van der Waals surface area contributed by atoms with Crippen molar-refractivity contribution < 1.29 is 18.7 Å². The van der Waals surface area contributed by atoms with E-state index < -0.39 is 24.4 Å². The Morgan fingerprint density at radius 2 is 2.12 bits per heavy atom. The number of alkyl halides is 1. The molecule has 0 aromatic heterocycles. The zero-order valence-electron chi connectivity index (χ0n) is 14.1. The van der Waals surface area contributed by atoms with Gasteiger partial charge < -0.3 is 9.64 Å². The fourth-order valence-corrected chi connectivity index (χ4v) is 2.76. The minimum atomic E-state index is -0.676. The van der Waals surface area contributed by atoms with E-state index >= 15 is 0 Å². The summed E-state index contributed by atoms with van der Waals surface area (Å²) in [7, 11) is 0. The molecule has 2 rings (SSSR count). The average Bonchev–Trinajstić information content (AvgIpc) is 2.47. The van der Waals surface area contributed by atoms with E-state index in [4.69, 9.17) is 16.3 Å². The number of ether oxygens (including phenoxy) is 1. The van der Waals surface area contributed by atoms with Crippen LogP contribution in [0.25, 0.3) is 0 Å². The van der Waals surface area contributed by atoms with E-state index in [1.165, 1.54) is 9.80 Å². The Hall–Kier alpha value is -1.82. The van der Waals surface area contributed by atoms with Gasteiger partial charge in [0.1, 0.15) is 12.1 Å². The first kappa shape index (κ1) is 18.5. The first-order chi connectivity index (χ1) is 11.2. The molecule has 5 nitrogen and oxygen atoms in total. The molecule has 1 aromatic carbocycles. The topological polar surface area (TPSA) is 49.9 Å². The Balaban J connectivity index is 2.20. The molecule has 1 aliphatic heterocycles. The Kier molecular flexibility index (Phi) is 5.70. The van der Waals surface area contributed by atoms with Gasteiger partial charge in [-0.25, -0.2) is 4.79 Å². The van der Waals surface area contributed by atoms with Gasteiger partial charge in [-0.05, 0) is 45.4 Å². The summed E-state index contributed by atoms with van der Waals surface area (Å²) in [6.45, 7) is 4.73. The fourth-order valence-electron chi connectivity index (χ4n) is 2.57. The molecule has 1 fully saturated rings. The third kappa shape index (κ3) is 4.60. The predicted octanol–water partition coefficient (Wildman–Crippen LogP) is 3.65.